The largest absolute Gasteiger partial charge is 0.311 e. The zero-order valence-corrected chi connectivity index (χ0v) is 12.3. The summed E-state index contributed by atoms with van der Waals surface area (Å²) in [6, 6.07) is 2.62. The maximum Gasteiger partial charge on any atom is 0.0111 e. The predicted octanol–water partition coefficient (Wildman–Crippen LogP) is 3.17. The Labute approximate surface area is 118 Å². The molecule has 2 heteroatoms. The van der Waals surface area contributed by atoms with Crippen molar-refractivity contribution in [3.8, 4) is 0 Å². The minimum absolute atomic E-state index is 0.835. The van der Waals surface area contributed by atoms with E-state index >= 15 is 0 Å². The molecule has 2 nitrogen and oxygen atoms in total. The molecular weight excluding hydrogens is 232 g/mol. The quantitative estimate of drug-likeness (QED) is 0.840. The summed E-state index contributed by atoms with van der Waals surface area (Å²) >= 11 is 0. The Balaban J connectivity index is 1.28. The SMILES string of the molecule is C1CC(NC2CCN3CCCC3C2)CC(C2CC2)C1. The summed E-state index contributed by atoms with van der Waals surface area (Å²) in [6.07, 6.45) is 14.8. The molecule has 2 saturated carbocycles. The molecule has 1 N–H and O–H groups in total. The van der Waals surface area contributed by atoms with E-state index in [2.05, 4.69) is 10.2 Å². The lowest BCUT2D eigenvalue weighted by atomic mass is 9.82. The van der Waals surface area contributed by atoms with Gasteiger partial charge in [-0.2, -0.15) is 0 Å². The van der Waals surface area contributed by atoms with Crippen LogP contribution in [0.15, 0.2) is 0 Å². The van der Waals surface area contributed by atoms with Gasteiger partial charge in [-0.1, -0.05) is 12.8 Å². The van der Waals surface area contributed by atoms with Crippen molar-refractivity contribution in [1.29, 1.82) is 0 Å². The monoisotopic (exact) mass is 262 g/mol. The average Bonchev–Trinajstić information content (AvgIpc) is 3.18. The second-order valence-corrected chi connectivity index (χ2v) is 7.68. The lowest BCUT2D eigenvalue weighted by molar-refractivity contribution is 0.148. The summed E-state index contributed by atoms with van der Waals surface area (Å²) in [5, 5.41) is 4.06. The fraction of sp³-hybridized carbons (Fsp3) is 1.00. The molecule has 4 fully saturated rings. The van der Waals surface area contributed by atoms with E-state index < -0.39 is 0 Å². The lowest BCUT2D eigenvalue weighted by Gasteiger charge is -2.39. The first kappa shape index (κ1) is 12.6. The second-order valence-electron chi connectivity index (χ2n) is 7.68. The van der Waals surface area contributed by atoms with Crippen molar-refractivity contribution in [2.75, 3.05) is 13.1 Å². The number of piperidine rings is 1. The summed E-state index contributed by atoms with van der Waals surface area (Å²) in [6.45, 7) is 2.74. The first-order valence-corrected chi connectivity index (χ1v) is 8.88. The van der Waals surface area contributed by atoms with E-state index in [0.29, 0.717) is 0 Å². The van der Waals surface area contributed by atoms with Crippen LogP contribution in [-0.4, -0.2) is 36.1 Å². The highest BCUT2D eigenvalue weighted by Gasteiger charge is 2.36. The van der Waals surface area contributed by atoms with Gasteiger partial charge in [0.15, 0.2) is 0 Å². The number of nitrogens with zero attached hydrogens (tertiary/aromatic N) is 1. The molecule has 108 valence electrons. The van der Waals surface area contributed by atoms with Gasteiger partial charge in [0, 0.05) is 18.1 Å². The van der Waals surface area contributed by atoms with Crippen LogP contribution in [0.1, 0.15) is 64.2 Å². The topological polar surface area (TPSA) is 15.3 Å². The zero-order valence-electron chi connectivity index (χ0n) is 12.3. The van der Waals surface area contributed by atoms with Crippen LogP contribution in [-0.2, 0) is 0 Å². The summed E-state index contributed by atoms with van der Waals surface area (Å²) in [7, 11) is 0. The molecule has 2 saturated heterocycles. The smallest absolute Gasteiger partial charge is 0.0111 e. The van der Waals surface area contributed by atoms with Crippen LogP contribution in [0.5, 0.6) is 0 Å². The fourth-order valence-corrected chi connectivity index (χ4v) is 5.08. The Morgan fingerprint density at radius 2 is 1.58 bits per heavy atom. The minimum atomic E-state index is 0.835. The molecule has 2 heterocycles. The van der Waals surface area contributed by atoms with Crippen LogP contribution < -0.4 is 5.32 Å². The Bertz CT molecular complexity index is 308. The van der Waals surface area contributed by atoms with E-state index in [1.165, 1.54) is 77.3 Å². The van der Waals surface area contributed by atoms with E-state index in [4.69, 9.17) is 0 Å². The minimum Gasteiger partial charge on any atom is -0.311 e. The molecule has 4 aliphatic rings. The second kappa shape index (κ2) is 5.37. The highest BCUT2D eigenvalue weighted by molar-refractivity contribution is 4.93. The molecule has 0 aromatic rings. The molecule has 19 heavy (non-hydrogen) atoms. The number of rotatable bonds is 3. The van der Waals surface area contributed by atoms with E-state index in [0.717, 1.165) is 30.0 Å². The fourth-order valence-electron chi connectivity index (χ4n) is 5.08. The summed E-state index contributed by atoms with van der Waals surface area (Å²) in [4.78, 5) is 2.74. The Morgan fingerprint density at radius 3 is 2.47 bits per heavy atom. The van der Waals surface area contributed by atoms with Gasteiger partial charge in [0.05, 0.1) is 0 Å². The molecule has 0 aromatic carbocycles. The Hall–Kier alpha value is -0.0800. The molecule has 0 spiro atoms. The van der Waals surface area contributed by atoms with Gasteiger partial charge in [0.2, 0.25) is 0 Å². The molecule has 0 amide bonds. The predicted molar refractivity (Wildman–Crippen MR) is 79.2 cm³/mol. The van der Waals surface area contributed by atoms with Gasteiger partial charge < -0.3 is 10.2 Å². The van der Waals surface area contributed by atoms with Crippen molar-refractivity contribution in [2.24, 2.45) is 11.8 Å². The summed E-state index contributed by atoms with van der Waals surface area (Å²) in [5.74, 6) is 2.21. The third-order valence-corrected chi connectivity index (χ3v) is 6.30. The Morgan fingerprint density at radius 1 is 0.684 bits per heavy atom. The van der Waals surface area contributed by atoms with Crippen molar-refractivity contribution in [3.63, 3.8) is 0 Å². The number of fused-ring (bicyclic) bond motifs is 1. The van der Waals surface area contributed by atoms with Gasteiger partial charge in [-0.15, -0.1) is 0 Å². The first-order valence-electron chi connectivity index (χ1n) is 8.88. The number of hydrogen-bond acceptors (Lipinski definition) is 2. The van der Waals surface area contributed by atoms with E-state index in [1.54, 1.807) is 0 Å². The van der Waals surface area contributed by atoms with Crippen LogP contribution in [0.4, 0.5) is 0 Å². The normalized spacial score (nSPS) is 44.2. The highest BCUT2D eigenvalue weighted by Crippen LogP contribution is 2.44. The van der Waals surface area contributed by atoms with E-state index in [9.17, 15) is 0 Å². The van der Waals surface area contributed by atoms with Gasteiger partial charge in [0.25, 0.3) is 0 Å². The van der Waals surface area contributed by atoms with Crippen LogP contribution in [0.2, 0.25) is 0 Å². The standard InChI is InChI=1S/C17H30N2/c1-3-14(13-6-7-13)11-15(4-1)18-16-8-10-19-9-2-5-17(19)12-16/h13-18H,1-12H2. The molecule has 0 bridgehead atoms. The first-order chi connectivity index (χ1) is 9.38. The maximum absolute atomic E-state index is 4.06. The van der Waals surface area contributed by atoms with Crippen molar-refractivity contribution >= 4 is 0 Å². The Kier molecular flexibility index (Phi) is 3.57. The molecule has 4 rings (SSSR count). The molecule has 0 radical (unpaired) electrons. The third-order valence-electron chi connectivity index (χ3n) is 6.30. The molecule has 4 atom stereocenters. The van der Waals surface area contributed by atoms with Gasteiger partial charge in [-0.25, -0.2) is 0 Å². The summed E-state index contributed by atoms with van der Waals surface area (Å²) < 4.78 is 0. The third kappa shape index (κ3) is 2.85. The molecule has 2 aliphatic carbocycles. The van der Waals surface area contributed by atoms with Gasteiger partial charge in [-0.3, -0.25) is 0 Å². The van der Waals surface area contributed by atoms with Crippen LogP contribution in [0.3, 0.4) is 0 Å². The van der Waals surface area contributed by atoms with Gasteiger partial charge in [0.1, 0.15) is 0 Å². The lowest BCUT2D eigenvalue weighted by Crippen LogP contribution is -2.49. The van der Waals surface area contributed by atoms with Gasteiger partial charge >= 0.3 is 0 Å². The summed E-state index contributed by atoms with van der Waals surface area (Å²) in [5.41, 5.74) is 0. The maximum atomic E-state index is 4.06. The highest BCUT2D eigenvalue weighted by atomic mass is 15.2. The molecular formula is C17H30N2. The van der Waals surface area contributed by atoms with Crippen LogP contribution in [0, 0.1) is 11.8 Å². The number of nitrogens with one attached hydrogen (secondary N) is 1. The number of hydrogen-bond donors (Lipinski definition) is 1. The average molecular weight is 262 g/mol. The van der Waals surface area contributed by atoms with Crippen molar-refractivity contribution in [1.82, 2.24) is 10.2 Å². The van der Waals surface area contributed by atoms with Gasteiger partial charge in [-0.05, 0) is 76.3 Å². The zero-order chi connectivity index (χ0) is 12.7. The van der Waals surface area contributed by atoms with Crippen molar-refractivity contribution in [3.05, 3.63) is 0 Å². The van der Waals surface area contributed by atoms with E-state index in [-0.39, 0.29) is 0 Å². The van der Waals surface area contributed by atoms with Crippen molar-refractivity contribution in [2.45, 2.75) is 82.3 Å². The van der Waals surface area contributed by atoms with Crippen molar-refractivity contribution < 1.29 is 0 Å². The molecule has 4 unspecified atom stereocenters. The van der Waals surface area contributed by atoms with Crippen LogP contribution >= 0.6 is 0 Å². The molecule has 2 aliphatic heterocycles. The van der Waals surface area contributed by atoms with Crippen LogP contribution in [0.25, 0.3) is 0 Å². The van der Waals surface area contributed by atoms with E-state index in [1.807, 2.05) is 0 Å². The molecule has 0 aromatic heterocycles.